The molecule has 0 bridgehead atoms. The monoisotopic (exact) mass is 337 g/mol. The number of aromatic amines is 1. The van der Waals surface area contributed by atoms with E-state index in [0.29, 0.717) is 6.04 Å². The minimum Gasteiger partial charge on any atom is -0.383 e. The Kier molecular flexibility index (Phi) is 4.23. The topological polar surface area (TPSA) is 95.8 Å². The van der Waals surface area contributed by atoms with Gasteiger partial charge in [0.15, 0.2) is 0 Å². The van der Waals surface area contributed by atoms with Crippen molar-refractivity contribution in [1.82, 2.24) is 24.8 Å². The van der Waals surface area contributed by atoms with Crippen LogP contribution in [0.5, 0.6) is 0 Å². The Morgan fingerprint density at radius 3 is 3.04 bits per heavy atom. The van der Waals surface area contributed by atoms with E-state index in [-0.39, 0.29) is 5.95 Å². The number of rotatable bonds is 5. The molecule has 3 aromatic rings. The van der Waals surface area contributed by atoms with Gasteiger partial charge < -0.3 is 16.0 Å². The summed E-state index contributed by atoms with van der Waals surface area (Å²) in [4.78, 5) is 18.5. The lowest BCUT2D eigenvalue weighted by molar-refractivity contribution is 0.277. The van der Waals surface area contributed by atoms with Gasteiger partial charge in [-0.3, -0.25) is 4.90 Å². The number of H-pyrrole nitrogens is 1. The maximum absolute atomic E-state index is 5.75. The van der Waals surface area contributed by atoms with Crippen LogP contribution in [0.1, 0.15) is 19.8 Å². The van der Waals surface area contributed by atoms with Crippen molar-refractivity contribution < 1.29 is 0 Å². The van der Waals surface area contributed by atoms with Crippen molar-refractivity contribution >= 4 is 22.7 Å². The van der Waals surface area contributed by atoms with E-state index in [4.69, 9.17) is 5.73 Å². The van der Waals surface area contributed by atoms with E-state index >= 15 is 0 Å². The highest BCUT2D eigenvalue weighted by Crippen LogP contribution is 2.32. The molecule has 7 heteroatoms. The molecule has 1 aliphatic heterocycles. The van der Waals surface area contributed by atoms with Gasteiger partial charge in [-0.05, 0) is 38.1 Å². The van der Waals surface area contributed by atoms with Gasteiger partial charge in [-0.15, -0.1) is 0 Å². The third kappa shape index (κ3) is 3.02. The number of hydrogen-bond acceptors (Lipinski definition) is 6. The second-order valence-electron chi connectivity index (χ2n) is 6.39. The van der Waals surface area contributed by atoms with Crippen LogP contribution in [-0.2, 0) is 0 Å². The van der Waals surface area contributed by atoms with E-state index < -0.39 is 0 Å². The van der Waals surface area contributed by atoms with E-state index in [1.54, 1.807) is 6.20 Å². The van der Waals surface area contributed by atoms with Crippen molar-refractivity contribution in [2.75, 3.05) is 30.7 Å². The average molecular weight is 337 g/mol. The van der Waals surface area contributed by atoms with Crippen LogP contribution in [0, 0.1) is 0 Å². The highest BCUT2D eigenvalue weighted by atomic mass is 15.2. The number of nitrogens with zero attached hydrogens (tertiary/aromatic N) is 4. The van der Waals surface area contributed by atoms with E-state index in [9.17, 15) is 0 Å². The predicted octanol–water partition coefficient (Wildman–Crippen LogP) is 2.50. The zero-order valence-corrected chi connectivity index (χ0v) is 14.4. The molecule has 1 aliphatic rings. The largest absolute Gasteiger partial charge is 0.383 e. The van der Waals surface area contributed by atoms with Gasteiger partial charge in [-0.2, -0.15) is 0 Å². The maximum atomic E-state index is 5.75. The maximum Gasteiger partial charge on any atom is 0.220 e. The van der Waals surface area contributed by atoms with Crippen molar-refractivity contribution in [3.8, 4) is 11.3 Å². The molecular formula is C18H23N7. The van der Waals surface area contributed by atoms with Crippen molar-refractivity contribution in [2.45, 2.75) is 25.8 Å². The van der Waals surface area contributed by atoms with Gasteiger partial charge in [0.05, 0.1) is 11.1 Å². The summed E-state index contributed by atoms with van der Waals surface area (Å²) in [5, 5.41) is 4.67. The molecule has 4 heterocycles. The quantitative estimate of drug-likeness (QED) is 0.662. The van der Waals surface area contributed by atoms with Crippen LogP contribution in [0.2, 0.25) is 0 Å². The zero-order chi connectivity index (χ0) is 17.2. The number of nitrogens with one attached hydrogen (secondary N) is 2. The SMILES string of the molecule is CCN1CCCC1CNc1ccnc2[nH]cc(-c3ccnc(N)n3)c12. The molecule has 7 nitrogen and oxygen atoms in total. The Morgan fingerprint density at radius 1 is 1.32 bits per heavy atom. The van der Waals surface area contributed by atoms with Crippen LogP contribution >= 0.6 is 0 Å². The summed E-state index contributed by atoms with van der Waals surface area (Å²) in [7, 11) is 0. The Balaban J connectivity index is 1.66. The fraction of sp³-hybridized carbons (Fsp3) is 0.389. The number of pyridine rings is 1. The number of anilines is 2. The predicted molar refractivity (Wildman–Crippen MR) is 100 cm³/mol. The van der Waals surface area contributed by atoms with Crippen LogP contribution in [0.4, 0.5) is 11.6 Å². The number of nitrogens with two attached hydrogens (primary N) is 1. The summed E-state index contributed by atoms with van der Waals surface area (Å²) in [5.41, 5.74) is 9.45. The van der Waals surface area contributed by atoms with Gasteiger partial charge in [-0.1, -0.05) is 6.92 Å². The lowest BCUT2D eigenvalue weighted by Gasteiger charge is -2.23. The fourth-order valence-electron chi connectivity index (χ4n) is 3.70. The molecule has 0 radical (unpaired) electrons. The molecule has 0 aliphatic carbocycles. The Labute approximate surface area is 146 Å². The summed E-state index contributed by atoms with van der Waals surface area (Å²) in [5.74, 6) is 0.273. The van der Waals surface area contributed by atoms with Crippen LogP contribution in [0.15, 0.2) is 30.7 Å². The molecule has 0 spiro atoms. The number of fused-ring (bicyclic) bond motifs is 1. The minimum atomic E-state index is 0.273. The molecule has 25 heavy (non-hydrogen) atoms. The first kappa shape index (κ1) is 15.8. The first-order valence-electron chi connectivity index (χ1n) is 8.79. The highest BCUT2D eigenvalue weighted by Gasteiger charge is 2.23. The molecule has 3 aromatic heterocycles. The van der Waals surface area contributed by atoms with Crippen molar-refractivity contribution in [3.05, 3.63) is 30.7 Å². The fourth-order valence-corrected chi connectivity index (χ4v) is 3.70. The number of nitrogen functional groups attached to an aromatic ring is 1. The lowest BCUT2D eigenvalue weighted by atomic mass is 10.1. The summed E-state index contributed by atoms with van der Waals surface area (Å²) < 4.78 is 0. The molecule has 4 N–H and O–H groups in total. The number of hydrogen-bond donors (Lipinski definition) is 3. The molecule has 1 unspecified atom stereocenters. The van der Waals surface area contributed by atoms with E-state index in [1.807, 2.05) is 24.5 Å². The molecule has 130 valence electrons. The lowest BCUT2D eigenvalue weighted by Crippen LogP contribution is -2.34. The van der Waals surface area contributed by atoms with Crippen LogP contribution < -0.4 is 11.1 Å². The Morgan fingerprint density at radius 2 is 2.20 bits per heavy atom. The minimum absolute atomic E-state index is 0.273. The average Bonchev–Trinajstić information content (AvgIpc) is 3.26. The van der Waals surface area contributed by atoms with Crippen LogP contribution in [-0.4, -0.2) is 50.5 Å². The van der Waals surface area contributed by atoms with Crippen molar-refractivity contribution in [1.29, 1.82) is 0 Å². The van der Waals surface area contributed by atoms with E-state index in [1.165, 1.54) is 19.4 Å². The Bertz CT molecular complexity index is 873. The third-order valence-corrected chi connectivity index (χ3v) is 4.96. The first-order valence-corrected chi connectivity index (χ1v) is 8.79. The third-order valence-electron chi connectivity index (χ3n) is 4.96. The summed E-state index contributed by atoms with van der Waals surface area (Å²) in [6.45, 7) is 5.47. The number of likely N-dealkylation sites (tertiary alicyclic amines) is 1. The van der Waals surface area contributed by atoms with E-state index in [2.05, 4.69) is 37.1 Å². The molecular weight excluding hydrogens is 314 g/mol. The van der Waals surface area contributed by atoms with E-state index in [0.717, 1.165) is 41.1 Å². The molecule has 1 saturated heterocycles. The molecule has 0 saturated carbocycles. The van der Waals surface area contributed by atoms with Crippen LogP contribution in [0.3, 0.4) is 0 Å². The second-order valence-corrected chi connectivity index (χ2v) is 6.39. The smallest absolute Gasteiger partial charge is 0.220 e. The summed E-state index contributed by atoms with van der Waals surface area (Å²) >= 11 is 0. The van der Waals surface area contributed by atoms with Gasteiger partial charge >= 0.3 is 0 Å². The van der Waals surface area contributed by atoms with Gasteiger partial charge in [0.1, 0.15) is 5.65 Å². The Hall–Kier alpha value is -2.67. The van der Waals surface area contributed by atoms with Gasteiger partial charge in [0.25, 0.3) is 0 Å². The van der Waals surface area contributed by atoms with Crippen molar-refractivity contribution in [3.63, 3.8) is 0 Å². The van der Waals surface area contributed by atoms with Crippen LogP contribution in [0.25, 0.3) is 22.3 Å². The number of aromatic nitrogens is 4. The molecule has 0 aromatic carbocycles. The summed E-state index contributed by atoms with van der Waals surface area (Å²) in [6, 6.07) is 4.48. The van der Waals surface area contributed by atoms with Crippen molar-refractivity contribution in [2.24, 2.45) is 0 Å². The molecule has 1 atom stereocenters. The molecule has 4 rings (SSSR count). The normalized spacial score (nSPS) is 18.0. The molecule has 0 amide bonds. The standard InChI is InChI=1S/C18H23N7/c1-2-25-9-3-4-12(25)10-22-15-6-7-20-17-16(15)13(11-23-17)14-5-8-21-18(19)24-14/h5-8,11-12H,2-4,9-10H2,1H3,(H2,19,21,24)(H2,20,22,23). The zero-order valence-electron chi connectivity index (χ0n) is 14.4. The first-order chi connectivity index (χ1) is 12.3. The van der Waals surface area contributed by atoms with Gasteiger partial charge in [-0.25, -0.2) is 15.0 Å². The molecule has 1 fully saturated rings. The number of likely N-dealkylation sites (N-methyl/N-ethyl adjacent to an activating group) is 1. The summed E-state index contributed by atoms with van der Waals surface area (Å²) in [6.07, 6.45) is 7.96. The second kappa shape index (κ2) is 6.68. The van der Waals surface area contributed by atoms with Gasteiger partial charge in [0.2, 0.25) is 5.95 Å². The van der Waals surface area contributed by atoms with Gasteiger partial charge in [0, 0.05) is 42.4 Å². The highest BCUT2D eigenvalue weighted by molar-refractivity contribution is 6.01.